The third kappa shape index (κ3) is 4.59. The van der Waals surface area contributed by atoms with Gasteiger partial charge in [0.25, 0.3) is 0 Å². The van der Waals surface area contributed by atoms with Crippen LogP contribution in [-0.2, 0) is 36.0 Å². The molecule has 136 valence electrons. The molecule has 0 spiro atoms. The van der Waals surface area contributed by atoms with Crippen LogP contribution < -0.4 is 14.8 Å². The molecule has 0 radical (unpaired) electrons. The van der Waals surface area contributed by atoms with Crippen LogP contribution in [0.5, 0.6) is 5.75 Å². The molecule has 2 N–H and O–H groups in total. The molecule has 1 heterocycles. The first kappa shape index (κ1) is 17.9. The van der Waals surface area contributed by atoms with Gasteiger partial charge >= 0.3 is 0 Å². The normalized spacial score (nSPS) is 17.3. The van der Waals surface area contributed by atoms with E-state index in [0.29, 0.717) is 12.2 Å². The van der Waals surface area contributed by atoms with Crippen LogP contribution in [0, 0.1) is 0 Å². The number of rotatable bonds is 7. The number of nitrogens with zero attached hydrogens (tertiary/aromatic N) is 1. The van der Waals surface area contributed by atoms with Crippen LogP contribution in [0.4, 0.5) is 0 Å². The van der Waals surface area contributed by atoms with Gasteiger partial charge in [-0.1, -0.05) is 23.4 Å². The van der Waals surface area contributed by atoms with E-state index in [-0.39, 0.29) is 12.6 Å². The van der Waals surface area contributed by atoms with Crippen molar-refractivity contribution in [2.45, 2.75) is 38.4 Å². The Labute approximate surface area is 147 Å². The minimum absolute atomic E-state index is 0.164. The van der Waals surface area contributed by atoms with Crippen molar-refractivity contribution in [2.75, 3.05) is 13.4 Å². The molecule has 1 aromatic heterocycles. The highest BCUT2D eigenvalue weighted by atomic mass is 32.2. The minimum atomic E-state index is -3.26. The van der Waals surface area contributed by atoms with Crippen LogP contribution in [0.3, 0.4) is 0 Å². The van der Waals surface area contributed by atoms with Gasteiger partial charge in [0.2, 0.25) is 10.0 Å². The number of hydrogen-bond donors (Lipinski definition) is 2. The summed E-state index contributed by atoms with van der Waals surface area (Å²) in [6, 6.07) is 8.22. The van der Waals surface area contributed by atoms with E-state index < -0.39 is 10.0 Å². The van der Waals surface area contributed by atoms with E-state index >= 15 is 0 Å². The monoisotopic (exact) mass is 365 g/mol. The molecule has 8 heteroatoms. The van der Waals surface area contributed by atoms with E-state index in [1.165, 1.54) is 0 Å². The van der Waals surface area contributed by atoms with Gasteiger partial charge in [-0.15, -0.1) is 0 Å². The van der Waals surface area contributed by atoms with Crippen LogP contribution in [0.1, 0.15) is 29.0 Å². The number of methoxy groups -OCH3 is 1. The number of fused-ring (bicyclic) bond motifs is 1. The van der Waals surface area contributed by atoms with Gasteiger partial charge < -0.3 is 14.6 Å². The first-order valence-corrected chi connectivity index (χ1v) is 10.1. The molecule has 0 amide bonds. The zero-order valence-electron chi connectivity index (χ0n) is 14.4. The van der Waals surface area contributed by atoms with Gasteiger partial charge in [-0.2, -0.15) is 0 Å². The van der Waals surface area contributed by atoms with E-state index in [1.54, 1.807) is 7.11 Å². The van der Waals surface area contributed by atoms with E-state index in [9.17, 15) is 8.42 Å². The molecule has 1 unspecified atom stereocenters. The van der Waals surface area contributed by atoms with Gasteiger partial charge in [-0.3, -0.25) is 0 Å². The lowest BCUT2D eigenvalue weighted by molar-refractivity contribution is 0.349. The number of hydrogen-bond acceptors (Lipinski definition) is 6. The lowest BCUT2D eigenvalue weighted by atomic mass is 9.92. The van der Waals surface area contributed by atoms with Gasteiger partial charge in [0.1, 0.15) is 17.2 Å². The van der Waals surface area contributed by atoms with Crippen molar-refractivity contribution in [1.29, 1.82) is 0 Å². The summed E-state index contributed by atoms with van der Waals surface area (Å²) in [7, 11) is -1.58. The fourth-order valence-electron chi connectivity index (χ4n) is 3.08. The molecule has 1 aliphatic rings. The summed E-state index contributed by atoms with van der Waals surface area (Å²) in [6.07, 6.45) is 3.66. The Bertz CT molecular complexity index is 832. The van der Waals surface area contributed by atoms with Gasteiger partial charge in [0.15, 0.2) is 0 Å². The van der Waals surface area contributed by atoms with E-state index in [0.717, 1.165) is 48.2 Å². The standard InChI is InChI=1S/C17H23N3O4S/c1-23-16-6-4-3-5-12(16)10-18-13-7-8-17-14(9-13)15(20-24-17)11-19-25(2,21)22/h3-6,13,18-19H,7-11H2,1-2H3. The predicted molar refractivity (Wildman–Crippen MR) is 93.8 cm³/mol. The third-order valence-electron chi connectivity index (χ3n) is 4.40. The number of nitrogens with one attached hydrogen (secondary N) is 2. The highest BCUT2D eigenvalue weighted by Crippen LogP contribution is 2.25. The molecular weight excluding hydrogens is 342 g/mol. The van der Waals surface area contributed by atoms with E-state index in [4.69, 9.17) is 9.26 Å². The van der Waals surface area contributed by atoms with Gasteiger partial charge in [-0.05, 0) is 18.9 Å². The fourth-order valence-corrected chi connectivity index (χ4v) is 3.48. The summed E-state index contributed by atoms with van der Waals surface area (Å²) < 4.78 is 35.8. The third-order valence-corrected chi connectivity index (χ3v) is 5.07. The van der Waals surface area contributed by atoms with Crippen LogP contribution in [0.25, 0.3) is 0 Å². The lowest BCUT2D eigenvalue weighted by Gasteiger charge is -2.23. The number of aryl methyl sites for hydroxylation is 1. The van der Waals surface area contributed by atoms with E-state index in [1.807, 2.05) is 24.3 Å². The number of sulfonamides is 1. The minimum Gasteiger partial charge on any atom is -0.496 e. The summed E-state index contributed by atoms with van der Waals surface area (Å²) >= 11 is 0. The highest BCUT2D eigenvalue weighted by Gasteiger charge is 2.25. The molecule has 0 saturated heterocycles. The molecular formula is C17H23N3O4S. The van der Waals surface area contributed by atoms with Crippen molar-refractivity contribution in [3.63, 3.8) is 0 Å². The Morgan fingerprint density at radius 2 is 2.12 bits per heavy atom. The maximum absolute atomic E-state index is 11.3. The number of aromatic nitrogens is 1. The van der Waals surface area contributed by atoms with Crippen molar-refractivity contribution in [1.82, 2.24) is 15.2 Å². The molecule has 0 fully saturated rings. The first-order valence-electron chi connectivity index (χ1n) is 8.22. The van der Waals surface area contributed by atoms with Crippen LogP contribution in [0.15, 0.2) is 28.8 Å². The fraction of sp³-hybridized carbons (Fsp3) is 0.471. The van der Waals surface area contributed by atoms with Gasteiger partial charge in [0.05, 0.1) is 19.9 Å². The highest BCUT2D eigenvalue weighted by molar-refractivity contribution is 7.88. The predicted octanol–water partition coefficient (Wildman–Crippen LogP) is 1.38. The molecule has 0 saturated carbocycles. The largest absolute Gasteiger partial charge is 0.496 e. The zero-order valence-corrected chi connectivity index (χ0v) is 15.2. The maximum Gasteiger partial charge on any atom is 0.209 e. The van der Waals surface area contributed by atoms with Crippen LogP contribution in [0.2, 0.25) is 0 Å². The second-order valence-electron chi connectivity index (χ2n) is 6.26. The molecule has 3 rings (SSSR count). The quantitative estimate of drug-likeness (QED) is 0.770. The number of benzene rings is 1. The van der Waals surface area contributed by atoms with Crippen LogP contribution >= 0.6 is 0 Å². The summed E-state index contributed by atoms with van der Waals surface area (Å²) in [5.41, 5.74) is 2.80. The van der Waals surface area contributed by atoms with Gasteiger partial charge in [-0.25, -0.2) is 13.1 Å². The topological polar surface area (TPSA) is 93.5 Å². The number of ether oxygens (including phenoxy) is 1. The molecule has 1 atom stereocenters. The summed E-state index contributed by atoms with van der Waals surface area (Å²) in [5, 5.41) is 7.59. The van der Waals surface area contributed by atoms with Crippen molar-refractivity contribution in [3.05, 3.63) is 46.8 Å². The smallest absolute Gasteiger partial charge is 0.209 e. The Morgan fingerprint density at radius 1 is 1.32 bits per heavy atom. The molecule has 1 aromatic carbocycles. The Kier molecular flexibility index (Phi) is 5.41. The van der Waals surface area contributed by atoms with Crippen molar-refractivity contribution in [3.8, 4) is 5.75 Å². The molecule has 0 aliphatic heterocycles. The summed E-state index contributed by atoms with van der Waals surface area (Å²) in [6.45, 7) is 0.878. The van der Waals surface area contributed by atoms with Crippen molar-refractivity contribution >= 4 is 10.0 Å². The molecule has 0 bridgehead atoms. The lowest BCUT2D eigenvalue weighted by Crippen LogP contribution is -2.34. The molecule has 25 heavy (non-hydrogen) atoms. The Hall–Kier alpha value is -1.90. The van der Waals surface area contributed by atoms with Gasteiger partial charge in [0, 0.05) is 30.1 Å². The summed E-state index contributed by atoms with van der Waals surface area (Å²) in [4.78, 5) is 0. The average molecular weight is 365 g/mol. The Balaban J connectivity index is 1.63. The van der Waals surface area contributed by atoms with Crippen molar-refractivity contribution < 1.29 is 17.7 Å². The SMILES string of the molecule is COc1ccccc1CNC1CCc2onc(CNS(C)(=O)=O)c2C1. The second-order valence-corrected chi connectivity index (χ2v) is 8.09. The maximum atomic E-state index is 11.3. The van der Waals surface area contributed by atoms with Crippen molar-refractivity contribution in [2.24, 2.45) is 0 Å². The summed E-state index contributed by atoms with van der Waals surface area (Å²) in [5.74, 6) is 1.73. The zero-order chi connectivity index (χ0) is 17.9. The number of para-hydroxylation sites is 1. The van der Waals surface area contributed by atoms with Crippen LogP contribution in [-0.4, -0.2) is 33.0 Å². The molecule has 7 nitrogen and oxygen atoms in total. The second kappa shape index (κ2) is 7.55. The molecule has 1 aliphatic carbocycles. The first-order chi connectivity index (χ1) is 12.0. The van der Waals surface area contributed by atoms with E-state index in [2.05, 4.69) is 15.2 Å². The average Bonchev–Trinajstić information content (AvgIpc) is 3.00. The Morgan fingerprint density at radius 3 is 2.88 bits per heavy atom. The molecule has 2 aromatic rings.